The van der Waals surface area contributed by atoms with Crippen molar-refractivity contribution in [1.82, 2.24) is 5.32 Å². The number of aryl methyl sites for hydroxylation is 1. The van der Waals surface area contributed by atoms with E-state index in [9.17, 15) is 4.79 Å². The summed E-state index contributed by atoms with van der Waals surface area (Å²) in [6.45, 7) is 6.18. The molecule has 4 heteroatoms. The molecule has 0 aliphatic heterocycles. The summed E-state index contributed by atoms with van der Waals surface area (Å²) in [4.78, 5) is 14.0. The van der Waals surface area contributed by atoms with E-state index >= 15 is 0 Å². The summed E-state index contributed by atoms with van der Waals surface area (Å²) in [5.41, 5.74) is -0.156. The molecule has 0 atom stereocenters. The number of halogens is 1. The molecule has 1 aromatic rings. The zero-order chi connectivity index (χ0) is 12.2. The van der Waals surface area contributed by atoms with E-state index < -0.39 is 0 Å². The van der Waals surface area contributed by atoms with Gasteiger partial charge >= 0.3 is 0 Å². The van der Waals surface area contributed by atoms with Gasteiger partial charge in [0.25, 0.3) is 5.91 Å². The minimum absolute atomic E-state index is 0.0376. The molecule has 16 heavy (non-hydrogen) atoms. The van der Waals surface area contributed by atoms with Gasteiger partial charge in [-0.15, -0.1) is 11.3 Å². The fourth-order valence-electron chi connectivity index (χ4n) is 1.36. The second-order valence-electron chi connectivity index (χ2n) is 4.40. The Hall–Kier alpha value is -0.350. The van der Waals surface area contributed by atoms with Gasteiger partial charge in [0.1, 0.15) is 0 Å². The Kier molecular flexibility index (Phi) is 4.99. The fourth-order valence-corrected chi connectivity index (χ4v) is 3.19. The third-order valence-corrected chi connectivity index (χ3v) is 4.03. The summed E-state index contributed by atoms with van der Waals surface area (Å²) < 4.78 is 0. The van der Waals surface area contributed by atoms with Crippen molar-refractivity contribution in [2.45, 2.75) is 39.2 Å². The highest BCUT2D eigenvalue weighted by Crippen LogP contribution is 2.18. The van der Waals surface area contributed by atoms with Crippen molar-refractivity contribution in [1.29, 1.82) is 0 Å². The van der Waals surface area contributed by atoms with Crippen LogP contribution < -0.4 is 5.32 Å². The molecule has 0 aliphatic carbocycles. The molecule has 0 saturated heterocycles. The molecule has 1 aromatic heterocycles. The lowest BCUT2D eigenvalue weighted by Crippen LogP contribution is -2.43. The number of thiophene rings is 1. The third-order valence-electron chi connectivity index (χ3n) is 2.41. The van der Waals surface area contributed by atoms with E-state index in [1.54, 1.807) is 11.3 Å². The zero-order valence-corrected chi connectivity index (χ0v) is 12.4. The predicted molar refractivity (Wildman–Crippen MR) is 73.7 cm³/mol. The van der Waals surface area contributed by atoms with Crippen LogP contribution in [0.25, 0.3) is 0 Å². The number of carbonyl (C=O) groups is 1. The Morgan fingerprint density at radius 1 is 1.50 bits per heavy atom. The van der Waals surface area contributed by atoms with Crippen LogP contribution in [0.4, 0.5) is 0 Å². The highest BCUT2D eigenvalue weighted by molar-refractivity contribution is 9.09. The number of amides is 1. The first-order valence-electron chi connectivity index (χ1n) is 5.45. The maximum atomic E-state index is 11.9. The molecule has 90 valence electrons. The Morgan fingerprint density at radius 2 is 2.19 bits per heavy atom. The van der Waals surface area contributed by atoms with E-state index in [1.165, 1.54) is 4.88 Å². The molecule has 1 rings (SSSR count). The second kappa shape index (κ2) is 5.82. The van der Waals surface area contributed by atoms with Crippen LogP contribution in [-0.2, 0) is 6.42 Å². The highest BCUT2D eigenvalue weighted by Gasteiger charge is 2.21. The summed E-state index contributed by atoms with van der Waals surface area (Å²) in [7, 11) is 0. The van der Waals surface area contributed by atoms with Gasteiger partial charge in [-0.1, -0.05) is 22.9 Å². The molecule has 2 nitrogen and oxygen atoms in total. The predicted octanol–water partition coefficient (Wildman–Crippen LogP) is 3.60. The number of carbonyl (C=O) groups excluding carboxylic acids is 1. The summed E-state index contributed by atoms with van der Waals surface area (Å²) in [6, 6.07) is 3.93. The molecule has 0 spiro atoms. The summed E-state index contributed by atoms with van der Waals surface area (Å²) in [5.74, 6) is 0.0376. The average molecular weight is 304 g/mol. The molecular weight excluding hydrogens is 286 g/mol. The quantitative estimate of drug-likeness (QED) is 0.827. The zero-order valence-electron chi connectivity index (χ0n) is 9.97. The molecule has 1 amide bonds. The van der Waals surface area contributed by atoms with E-state index in [4.69, 9.17) is 0 Å². The standard InChI is InChI=1S/C12H18BrNOS/c1-4-9-5-6-10(16-9)11(15)14-12(2,3)7-8-13/h5-6H,4,7-8H2,1-3H3,(H,14,15). The monoisotopic (exact) mass is 303 g/mol. The van der Waals surface area contributed by atoms with E-state index in [0.29, 0.717) is 0 Å². The van der Waals surface area contributed by atoms with Crippen LogP contribution in [0.5, 0.6) is 0 Å². The van der Waals surface area contributed by atoms with Crippen molar-refractivity contribution in [2.75, 3.05) is 5.33 Å². The van der Waals surface area contributed by atoms with Crippen molar-refractivity contribution < 1.29 is 4.79 Å². The maximum Gasteiger partial charge on any atom is 0.261 e. The lowest BCUT2D eigenvalue weighted by atomic mass is 10.0. The maximum absolute atomic E-state index is 11.9. The van der Waals surface area contributed by atoms with Gasteiger partial charge < -0.3 is 5.32 Å². The number of nitrogens with one attached hydrogen (secondary N) is 1. The Morgan fingerprint density at radius 3 is 2.69 bits per heavy atom. The van der Waals surface area contributed by atoms with E-state index in [0.717, 1.165) is 23.0 Å². The highest BCUT2D eigenvalue weighted by atomic mass is 79.9. The van der Waals surface area contributed by atoms with E-state index in [1.807, 2.05) is 26.0 Å². The first kappa shape index (κ1) is 13.7. The van der Waals surface area contributed by atoms with Gasteiger partial charge in [-0.05, 0) is 38.8 Å². The van der Waals surface area contributed by atoms with Crippen molar-refractivity contribution >= 4 is 33.2 Å². The first-order valence-corrected chi connectivity index (χ1v) is 7.39. The topological polar surface area (TPSA) is 29.1 Å². The fraction of sp³-hybridized carbons (Fsp3) is 0.583. The summed E-state index contributed by atoms with van der Waals surface area (Å²) >= 11 is 4.97. The largest absolute Gasteiger partial charge is 0.346 e. The number of hydrogen-bond acceptors (Lipinski definition) is 2. The lowest BCUT2D eigenvalue weighted by Gasteiger charge is -2.24. The third kappa shape index (κ3) is 3.91. The second-order valence-corrected chi connectivity index (χ2v) is 6.36. The number of rotatable bonds is 5. The molecule has 0 radical (unpaired) electrons. The van der Waals surface area contributed by atoms with Gasteiger partial charge in [0.15, 0.2) is 0 Å². The van der Waals surface area contributed by atoms with Crippen LogP contribution >= 0.6 is 27.3 Å². The van der Waals surface area contributed by atoms with Crippen molar-refractivity contribution in [3.05, 3.63) is 21.9 Å². The molecule has 0 saturated carbocycles. The smallest absolute Gasteiger partial charge is 0.261 e. The van der Waals surface area contributed by atoms with Crippen LogP contribution in [-0.4, -0.2) is 16.8 Å². The van der Waals surface area contributed by atoms with Gasteiger partial charge in [0.2, 0.25) is 0 Å². The van der Waals surface area contributed by atoms with Crippen LogP contribution in [0.1, 0.15) is 41.7 Å². The SMILES string of the molecule is CCc1ccc(C(=O)NC(C)(C)CCBr)s1. The van der Waals surface area contributed by atoms with Gasteiger partial charge in [-0.2, -0.15) is 0 Å². The molecule has 1 heterocycles. The molecule has 0 fully saturated rings. The van der Waals surface area contributed by atoms with Crippen LogP contribution in [0, 0.1) is 0 Å². The van der Waals surface area contributed by atoms with Crippen LogP contribution in [0.15, 0.2) is 12.1 Å². The van der Waals surface area contributed by atoms with E-state index in [-0.39, 0.29) is 11.4 Å². The first-order chi connectivity index (χ1) is 7.48. The molecule has 0 unspecified atom stereocenters. The van der Waals surface area contributed by atoms with Crippen molar-refractivity contribution in [3.8, 4) is 0 Å². The van der Waals surface area contributed by atoms with E-state index in [2.05, 4.69) is 28.2 Å². The molecular formula is C12H18BrNOS. The molecule has 0 aromatic carbocycles. The van der Waals surface area contributed by atoms with Gasteiger partial charge in [0.05, 0.1) is 4.88 Å². The Bertz CT molecular complexity index is 360. The number of alkyl halides is 1. The lowest BCUT2D eigenvalue weighted by molar-refractivity contribution is 0.0916. The summed E-state index contributed by atoms with van der Waals surface area (Å²) in [6.07, 6.45) is 1.91. The van der Waals surface area contributed by atoms with Gasteiger partial charge in [0, 0.05) is 15.7 Å². The Balaban J connectivity index is 2.65. The van der Waals surface area contributed by atoms with Gasteiger partial charge in [-0.25, -0.2) is 0 Å². The Labute approximate surface area is 110 Å². The molecule has 0 aliphatic rings. The average Bonchev–Trinajstić information content (AvgIpc) is 2.64. The van der Waals surface area contributed by atoms with Crippen molar-refractivity contribution in [2.24, 2.45) is 0 Å². The summed E-state index contributed by atoms with van der Waals surface area (Å²) in [5, 5.41) is 3.95. The van der Waals surface area contributed by atoms with Gasteiger partial charge in [-0.3, -0.25) is 4.79 Å². The minimum Gasteiger partial charge on any atom is -0.346 e. The van der Waals surface area contributed by atoms with Crippen LogP contribution in [0.3, 0.4) is 0 Å². The molecule has 1 N–H and O–H groups in total. The minimum atomic E-state index is -0.156. The van der Waals surface area contributed by atoms with Crippen molar-refractivity contribution in [3.63, 3.8) is 0 Å². The number of hydrogen-bond donors (Lipinski definition) is 1. The normalized spacial score (nSPS) is 11.5. The molecule has 0 bridgehead atoms. The van der Waals surface area contributed by atoms with Crippen LogP contribution in [0.2, 0.25) is 0 Å².